The lowest BCUT2D eigenvalue weighted by Gasteiger charge is -2.30. The second-order valence-electron chi connectivity index (χ2n) is 8.96. The smallest absolute Gasteiger partial charge is 0.319 e. The van der Waals surface area contributed by atoms with Crippen LogP contribution in [0.3, 0.4) is 0 Å². The van der Waals surface area contributed by atoms with Crippen LogP contribution in [0.2, 0.25) is 0 Å². The molecule has 36 heavy (non-hydrogen) atoms. The standard InChI is InChI=1S/C28H30N4O4/c1-34-22-13-11-18(12-14-22)24-25-27(32-21-10-6-9-20(15-21)29-16-23(33)35-2)30-17-31-28(25)36-26(24)19-7-4-3-5-8-19/h3-5,7-8,11-14,17,20-21,29H,6,9-10,15-16H2,1-2H3,(H,30,31,32)/t20-,21-/m1/s1. The number of aromatic nitrogens is 2. The van der Waals surface area contributed by atoms with E-state index in [0.29, 0.717) is 5.71 Å². The summed E-state index contributed by atoms with van der Waals surface area (Å²) in [4.78, 5) is 20.7. The fourth-order valence-corrected chi connectivity index (χ4v) is 4.87. The zero-order chi connectivity index (χ0) is 24.9. The summed E-state index contributed by atoms with van der Waals surface area (Å²) in [6, 6.07) is 18.4. The molecule has 1 fully saturated rings. The molecule has 0 spiro atoms. The number of hydrogen-bond acceptors (Lipinski definition) is 8. The molecule has 1 aliphatic carbocycles. The Kier molecular flexibility index (Phi) is 7.13. The van der Waals surface area contributed by atoms with Gasteiger partial charge in [0.1, 0.15) is 23.7 Å². The number of anilines is 1. The van der Waals surface area contributed by atoms with Gasteiger partial charge >= 0.3 is 5.97 Å². The zero-order valence-corrected chi connectivity index (χ0v) is 20.5. The van der Waals surface area contributed by atoms with Crippen molar-refractivity contribution in [2.75, 3.05) is 26.1 Å². The normalized spacial score (nSPS) is 17.6. The maximum atomic E-state index is 11.6. The lowest BCUT2D eigenvalue weighted by atomic mass is 9.90. The van der Waals surface area contributed by atoms with E-state index in [4.69, 9.17) is 13.9 Å². The molecule has 2 heterocycles. The molecular formula is C28H30N4O4. The summed E-state index contributed by atoms with van der Waals surface area (Å²) in [5, 5.41) is 7.84. The summed E-state index contributed by atoms with van der Waals surface area (Å²) < 4.78 is 16.5. The minimum atomic E-state index is -0.251. The summed E-state index contributed by atoms with van der Waals surface area (Å²) in [6.45, 7) is 0.218. The Morgan fingerprint density at radius 2 is 1.78 bits per heavy atom. The topological polar surface area (TPSA) is 98.5 Å². The Hall–Kier alpha value is -3.91. The van der Waals surface area contributed by atoms with Gasteiger partial charge in [-0.15, -0.1) is 0 Å². The van der Waals surface area contributed by atoms with E-state index in [0.717, 1.165) is 65.1 Å². The predicted molar refractivity (Wildman–Crippen MR) is 139 cm³/mol. The van der Waals surface area contributed by atoms with Crippen molar-refractivity contribution in [2.24, 2.45) is 0 Å². The van der Waals surface area contributed by atoms with Crippen molar-refractivity contribution in [1.29, 1.82) is 0 Å². The maximum Gasteiger partial charge on any atom is 0.319 e. The number of nitrogens with zero attached hydrogens (tertiary/aromatic N) is 2. The van der Waals surface area contributed by atoms with E-state index in [2.05, 4.69) is 20.6 Å². The van der Waals surface area contributed by atoms with Crippen LogP contribution in [0.5, 0.6) is 5.75 Å². The molecule has 0 aliphatic heterocycles. The zero-order valence-electron chi connectivity index (χ0n) is 20.5. The maximum absolute atomic E-state index is 11.6. The Morgan fingerprint density at radius 3 is 2.53 bits per heavy atom. The van der Waals surface area contributed by atoms with Gasteiger partial charge in [0, 0.05) is 23.2 Å². The fourth-order valence-electron chi connectivity index (χ4n) is 4.87. The number of furan rings is 1. The highest BCUT2D eigenvalue weighted by Gasteiger charge is 2.26. The average Bonchev–Trinajstić information content (AvgIpc) is 3.33. The Bertz CT molecular complexity index is 1320. The van der Waals surface area contributed by atoms with Gasteiger partial charge in [-0.3, -0.25) is 4.79 Å². The van der Waals surface area contributed by atoms with Crippen LogP contribution in [0.15, 0.2) is 65.3 Å². The van der Waals surface area contributed by atoms with Gasteiger partial charge in [0.05, 0.1) is 26.2 Å². The molecule has 1 aliphatic rings. The number of hydrogen-bond donors (Lipinski definition) is 2. The van der Waals surface area contributed by atoms with Crippen LogP contribution in [-0.4, -0.2) is 48.8 Å². The molecule has 1 saturated carbocycles. The minimum Gasteiger partial charge on any atom is -0.497 e. The molecule has 8 heteroatoms. The van der Waals surface area contributed by atoms with Gasteiger partial charge in [-0.25, -0.2) is 9.97 Å². The van der Waals surface area contributed by atoms with Gasteiger partial charge in [-0.1, -0.05) is 42.5 Å². The lowest BCUT2D eigenvalue weighted by molar-refractivity contribution is -0.139. The first-order valence-corrected chi connectivity index (χ1v) is 12.2. The fraction of sp³-hybridized carbons (Fsp3) is 0.321. The van der Waals surface area contributed by atoms with E-state index in [1.54, 1.807) is 7.11 Å². The molecule has 0 radical (unpaired) electrons. The van der Waals surface area contributed by atoms with Crippen molar-refractivity contribution in [3.63, 3.8) is 0 Å². The van der Waals surface area contributed by atoms with E-state index in [-0.39, 0.29) is 24.6 Å². The molecule has 0 amide bonds. The van der Waals surface area contributed by atoms with E-state index in [1.807, 2.05) is 54.6 Å². The first-order chi connectivity index (χ1) is 17.7. The van der Waals surface area contributed by atoms with E-state index in [1.165, 1.54) is 13.4 Å². The molecule has 2 atom stereocenters. The van der Waals surface area contributed by atoms with Crippen molar-refractivity contribution in [2.45, 2.75) is 37.8 Å². The van der Waals surface area contributed by atoms with Gasteiger partial charge in [0.25, 0.3) is 0 Å². The molecule has 4 aromatic rings. The van der Waals surface area contributed by atoms with Gasteiger partial charge in [-0.2, -0.15) is 0 Å². The highest BCUT2D eigenvalue weighted by molar-refractivity contribution is 6.05. The van der Waals surface area contributed by atoms with Gasteiger partial charge in [0.15, 0.2) is 0 Å². The number of fused-ring (bicyclic) bond motifs is 1. The first kappa shape index (κ1) is 23.8. The average molecular weight is 487 g/mol. The third kappa shape index (κ3) is 5.04. The quantitative estimate of drug-likeness (QED) is 0.334. The van der Waals surface area contributed by atoms with E-state index < -0.39 is 0 Å². The minimum absolute atomic E-state index is 0.200. The molecule has 186 valence electrons. The highest BCUT2D eigenvalue weighted by Crippen LogP contribution is 2.43. The van der Waals surface area contributed by atoms with Gasteiger partial charge in [-0.05, 0) is 43.4 Å². The monoisotopic (exact) mass is 486 g/mol. The van der Waals surface area contributed by atoms with E-state index in [9.17, 15) is 4.79 Å². The number of ether oxygens (including phenoxy) is 2. The van der Waals surface area contributed by atoms with Crippen LogP contribution in [0.25, 0.3) is 33.6 Å². The Morgan fingerprint density at radius 1 is 1.00 bits per heavy atom. The molecule has 0 bridgehead atoms. The van der Waals surface area contributed by atoms with Gasteiger partial charge in [0.2, 0.25) is 5.71 Å². The van der Waals surface area contributed by atoms with E-state index >= 15 is 0 Å². The number of methoxy groups -OCH3 is 2. The lowest BCUT2D eigenvalue weighted by Crippen LogP contribution is -2.41. The molecule has 0 unspecified atom stereocenters. The van der Waals surface area contributed by atoms with Crippen molar-refractivity contribution in [3.05, 3.63) is 60.9 Å². The van der Waals surface area contributed by atoms with Crippen LogP contribution in [0.4, 0.5) is 5.82 Å². The number of benzene rings is 2. The second-order valence-corrected chi connectivity index (χ2v) is 8.96. The molecular weight excluding hydrogens is 456 g/mol. The largest absolute Gasteiger partial charge is 0.497 e. The summed E-state index contributed by atoms with van der Waals surface area (Å²) in [6.07, 6.45) is 5.51. The predicted octanol–water partition coefficient (Wildman–Crippen LogP) is 5.05. The number of rotatable bonds is 8. The second kappa shape index (κ2) is 10.8. The summed E-state index contributed by atoms with van der Waals surface area (Å²) in [7, 11) is 3.07. The summed E-state index contributed by atoms with van der Waals surface area (Å²) in [5.41, 5.74) is 3.44. The molecule has 2 aromatic carbocycles. The summed E-state index contributed by atoms with van der Waals surface area (Å²) >= 11 is 0. The third-order valence-corrected chi connectivity index (χ3v) is 6.68. The Balaban J connectivity index is 1.52. The van der Waals surface area contributed by atoms with Crippen LogP contribution < -0.4 is 15.4 Å². The van der Waals surface area contributed by atoms with Gasteiger partial charge < -0.3 is 24.5 Å². The van der Waals surface area contributed by atoms with Crippen molar-refractivity contribution in [1.82, 2.24) is 15.3 Å². The molecule has 0 saturated heterocycles. The third-order valence-electron chi connectivity index (χ3n) is 6.68. The van der Waals surface area contributed by atoms with Crippen LogP contribution in [-0.2, 0) is 9.53 Å². The van der Waals surface area contributed by atoms with Crippen LogP contribution in [0, 0.1) is 0 Å². The first-order valence-electron chi connectivity index (χ1n) is 12.2. The SMILES string of the molecule is COC(=O)CN[C@@H]1CCC[C@@H](Nc2ncnc3oc(-c4ccccc4)c(-c4ccc(OC)cc4)c23)C1. The highest BCUT2D eigenvalue weighted by atomic mass is 16.5. The number of esters is 1. The van der Waals surface area contributed by atoms with Crippen molar-refractivity contribution in [3.8, 4) is 28.2 Å². The van der Waals surface area contributed by atoms with Crippen molar-refractivity contribution < 1.29 is 18.7 Å². The van der Waals surface area contributed by atoms with Crippen LogP contribution >= 0.6 is 0 Å². The van der Waals surface area contributed by atoms with Crippen LogP contribution in [0.1, 0.15) is 25.7 Å². The number of carbonyl (C=O) groups is 1. The molecule has 5 rings (SSSR count). The number of nitrogens with one attached hydrogen (secondary N) is 2. The number of carbonyl (C=O) groups excluding carboxylic acids is 1. The summed E-state index contributed by atoms with van der Waals surface area (Å²) in [5.74, 6) is 2.03. The van der Waals surface area contributed by atoms with Crippen molar-refractivity contribution >= 4 is 22.9 Å². The molecule has 8 nitrogen and oxygen atoms in total. The molecule has 2 aromatic heterocycles. The molecule has 2 N–H and O–H groups in total. The Labute approximate surface area is 210 Å².